The third-order valence-electron chi connectivity index (χ3n) is 2.82. The van der Waals surface area contributed by atoms with Crippen molar-refractivity contribution in [3.8, 4) is 0 Å². The minimum Gasteiger partial charge on any atom is -0.321 e. The molecule has 104 valence electrons. The topological polar surface area (TPSA) is 66.5 Å². The highest BCUT2D eigenvalue weighted by Gasteiger charge is 2.24. The summed E-state index contributed by atoms with van der Waals surface area (Å²) in [5.41, 5.74) is 1.97. The smallest absolute Gasteiger partial charge is 0.247 e. The van der Waals surface area contributed by atoms with Crippen LogP contribution in [0.3, 0.4) is 0 Å². The zero-order valence-electron chi connectivity index (χ0n) is 10.9. The molecule has 1 aromatic rings. The van der Waals surface area contributed by atoms with Crippen molar-refractivity contribution in [1.82, 2.24) is 10.2 Å². The van der Waals surface area contributed by atoms with Gasteiger partial charge in [-0.2, -0.15) is 0 Å². The average Bonchev–Trinajstić information content (AvgIpc) is 2.36. The minimum absolute atomic E-state index is 0.0933. The Morgan fingerprint density at radius 2 is 1.95 bits per heavy atom. The lowest BCUT2D eigenvalue weighted by Gasteiger charge is -2.24. The standard InChI is InChI=1S/C14H13BrN2O3/c1-9-2-3-10(11(15)6-9)4-5-14(20)17-7-12(18)16-13(19)8-17/h2-6H,7-8H2,1H3,(H,16,18,19). The summed E-state index contributed by atoms with van der Waals surface area (Å²) in [4.78, 5) is 35.5. The maximum atomic E-state index is 11.9. The van der Waals surface area contributed by atoms with Gasteiger partial charge in [0.2, 0.25) is 17.7 Å². The highest BCUT2D eigenvalue weighted by molar-refractivity contribution is 9.10. The second kappa shape index (κ2) is 6.00. The summed E-state index contributed by atoms with van der Waals surface area (Å²) >= 11 is 3.42. The molecule has 0 bridgehead atoms. The number of hydrogen-bond donors (Lipinski definition) is 1. The number of imide groups is 1. The molecule has 1 aliphatic rings. The number of carbonyl (C=O) groups excluding carboxylic acids is 3. The largest absolute Gasteiger partial charge is 0.321 e. The molecule has 6 heteroatoms. The summed E-state index contributed by atoms with van der Waals surface area (Å²) in [5, 5.41) is 2.15. The lowest BCUT2D eigenvalue weighted by Crippen LogP contribution is -2.52. The Morgan fingerprint density at radius 3 is 2.55 bits per heavy atom. The van der Waals surface area contributed by atoms with Crippen molar-refractivity contribution >= 4 is 39.7 Å². The quantitative estimate of drug-likeness (QED) is 0.653. The van der Waals surface area contributed by atoms with E-state index in [-0.39, 0.29) is 19.0 Å². The maximum absolute atomic E-state index is 11.9. The van der Waals surface area contributed by atoms with Crippen molar-refractivity contribution < 1.29 is 14.4 Å². The second-order valence-electron chi connectivity index (χ2n) is 4.52. The summed E-state index contributed by atoms with van der Waals surface area (Å²) in [5.74, 6) is -1.28. The fraction of sp³-hybridized carbons (Fsp3) is 0.214. The zero-order valence-corrected chi connectivity index (χ0v) is 12.4. The number of aryl methyl sites for hydroxylation is 1. The lowest BCUT2D eigenvalue weighted by molar-refractivity contribution is -0.143. The van der Waals surface area contributed by atoms with Gasteiger partial charge < -0.3 is 4.90 Å². The van der Waals surface area contributed by atoms with Crippen molar-refractivity contribution in [3.63, 3.8) is 0 Å². The van der Waals surface area contributed by atoms with Gasteiger partial charge in [0.1, 0.15) is 13.1 Å². The molecule has 0 spiro atoms. The molecular weight excluding hydrogens is 324 g/mol. The summed E-state index contributed by atoms with van der Waals surface area (Å²) in [6, 6.07) is 5.77. The molecule has 0 unspecified atom stereocenters. The monoisotopic (exact) mass is 336 g/mol. The molecule has 0 aliphatic carbocycles. The molecule has 1 fully saturated rings. The molecule has 20 heavy (non-hydrogen) atoms. The fourth-order valence-corrected chi connectivity index (χ4v) is 2.45. The van der Waals surface area contributed by atoms with Gasteiger partial charge in [0.25, 0.3) is 0 Å². The van der Waals surface area contributed by atoms with Crippen molar-refractivity contribution in [1.29, 1.82) is 0 Å². The van der Waals surface area contributed by atoms with Crippen LogP contribution >= 0.6 is 15.9 Å². The van der Waals surface area contributed by atoms with Gasteiger partial charge in [0, 0.05) is 10.5 Å². The molecule has 0 saturated carbocycles. The van der Waals surface area contributed by atoms with Gasteiger partial charge in [-0.05, 0) is 30.2 Å². The number of carbonyl (C=O) groups is 3. The molecule has 2 rings (SSSR count). The summed E-state index contributed by atoms with van der Waals surface area (Å²) in [6.45, 7) is 1.79. The summed E-state index contributed by atoms with van der Waals surface area (Å²) in [6.07, 6.45) is 3.02. The first-order chi connectivity index (χ1) is 9.45. The number of hydrogen-bond acceptors (Lipinski definition) is 3. The van der Waals surface area contributed by atoms with Crippen molar-refractivity contribution in [2.24, 2.45) is 0 Å². The average molecular weight is 337 g/mol. The molecule has 1 saturated heterocycles. The van der Waals surface area contributed by atoms with Gasteiger partial charge in [0.15, 0.2) is 0 Å². The number of piperazine rings is 1. The number of halogens is 1. The third kappa shape index (κ3) is 3.54. The zero-order chi connectivity index (χ0) is 14.7. The Labute approximate surface area is 124 Å². The Morgan fingerprint density at radius 1 is 1.30 bits per heavy atom. The molecule has 1 N–H and O–H groups in total. The van der Waals surface area contributed by atoms with E-state index in [2.05, 4.69) is 21.2 Å². The predicted octanol–water partition coefficient (Wildman–Crippen LogP) is 1.26. The van der Waals surface area contributed by atoms with Crippen molar-refractivity contribution in [2.45, 2.75) is 6.92 Å². The molecule has 3 amide bonds. The Hall–Kier alpha value is -1.95. The SMILES string of the molecule is Cc1ccc(C=CC(=O)N2CC(=O)NC(=O)C2)c(Br)c1. The fourth-order valence-electron chi connectivity index (χ4n) is 1.83. The van der Waals surface area contributed by atoms with Crippen molar-refractivity contribution in [2.75, 3.05) is 13.1 Å². The second-order valence-corrected chi connectivity index (χ2v) is 5.38. The van der Waals surface area contributed by atoms with Crippen LogP contribution in [0.2, 0.25) is 0 Å². The van der Waals surface area contributed by atoms with Gasteiger partial charge in [-0.25, -0.2) is 0 Å². The van der Waals surface area contributed by atoms with E-state index in [4.69, 9.17) is 0 Å². The highest BCUT2D eigenvalue weighted by Crippen LogP contribution is 2.19. The van der Waals surface area contributed by atoms with E-state index in [9.17, 15) is 14.4 Å². The first-order valence-corrected chi connectivity index (χ1v) is 6.81. The van der Waals surface area contributed by atoms with Crippen molar-refractivity contribution in [3.05, 3.63) is 39.9 Å². The van der Waals surface area contributed by atoms with E-state index >= 15 is 0 Å². The highest BCUT2D eigenvalue weighted by atomic mass is 79.9. The van der Waals surface area contributed by atoms with Gasteiger partial charge >= 0.3 is 0 Å². The van der Waals surface area contributed by atoms with E-state index < -0.39 is 11.8 Å². The van der Waals surface area contributed by atoms with E-state index in [0.29, 0.717) is 0 Å². The molecule has 0 atom stereocenters. The lowest BCUT2D eigenvalue weighted by atomic mass is 10.1. The van der Waals surface area contributed by atoms with E-state index in [1.165, 1.54) is 11.0 Å². The molecular formula is C14H13BrN2O3. The van der Waals surface area contributed by atoms with Crippen LogP contribution in [-0.4, -0.2) is 35.7 Å². The normalized spacial score (nSPS) is 15.6. The Bertz CT molecular complexity index is 594. The van der Waals surface area contributed by atoms with E-state index in [1.807, 2.05) is 25.1 Å². The van der Waals surface area contributed by atoms with Crippen LogP contribution in [0.5, 0.6) is 0 Å². The first-order valence-electron chi connectivity index (χ1n) is 6.01. The number of nitrogens with zero attached hydrogens (tertiary/aromatic N) is 1. The maximum Gasteiger partial charge on any atom is 0.247 e. The van der Waals surface area contributed by atoms with Crippen LogP contribution in [0.15, 0.2) is 28.7 Å². The number of rotatable bonds is 2. The Balaban J connectivity index is 2.08. The van der Waals surface area contributed by atoms with Crippen LogP contribution < -0.4 is 5.32 Å². The number of amides is 3. The molecule has 0 radical (unpaired) electrons. The van der Waals surface area contributed by atoms with Crippen LogP contribution in [0, 0.1) is 6.92 Å². The summed E-state index contributed by atoms with van der Waals surface area (Å²) in [7, 11) is 0. The van der Waals surface area contributed by atoms with E-state index in [1.54, 1.807) is 6.08 Å². The third-order valence-corrected chi connectivity index (χ3v) is 3.51. The predicted molar refractivity (Wildman–Crippen MR) is 77.6 cm³/mol. The van der Waals surface area contributed by atoms with Crippen LogP contribution in [0.1, 0.15) is 11.1 Å². The molecule has 1 aromatic carbocycles. The Kier molecular flexibility index (Phi) is 4.34. The van der Waals surface area contributed by atoms with Crippen LogP contribution in [-0.2, 0) is 14.4 Å². The number of benzene rings is 1. The van der Waals surface area contributed by atoms with E-state index in [0.717, 1.165) is 15.6 Å². The minimum atomic E-state index is -0.459. The first kappa shape index (κ1) is 14.5. The molecule has 1 aliphatic heterocycles. The molecule has 5 nitrogen and oxygen atoms in total. The van der Waals surface area contributed by atoms with Gasteiger partial charge in [-0.3, -0.25) is 19.7 Å². The van der Waals surface area contributed by atoms with Gasteiger partial charge in [-0.15, -0.1) is 0 Å². The van der Waals surface area contributed by atoms with Crippen LogP contribution in [0.25, 0.3) is 6.08 Å². The molecule has 0 aromatic heterocycles. The van der Waals surface area contributed by atoms with Gasteiger partial charge in [-0.1, -0.05) is 28.1 Å². The summed E-state index contributed by atoms with van der Waals surface area (Å²) < 4.78 is 0.883. The number of nitrogens with one attached hydrogen (secondary N) is 1. The van der Waals surface area contributed by atoms with Crippen LogP contribution in [0.4, 0.5) is 0 Å². The van der Waals surface area contributed by atoms with Gasteiger partial charge in [0.05, 0.1) is 0 Å². The molecule has 1 heterocycles.